The maximum Gasteiger partial charge on any atom is 0.213 e. The number of nitrogens with zero attached hydrogens (tertiary/aromatic N) is 5. The molecular formula is C18H25N5O4. The van der Waals surface area contributed by atoms with Crippen molar-refractivity contribution in [3.63, 3.8) is 0 Å². The second-order valence-corrected chi connectivity index (χ2v) is 8.36. The van der Waals surface area contributed by atoms with Crippen LogP contribution in [-0.2, 0) is 15.9 Å². The van der Waals surface area contributed by atoms with E-state index in [-0.39, 0.29) is 17.1 Å². The van der Waals surface area contributed by atoms with Crippen molar-refractivity contribution in [2.24, 2.45) is 22.9 Å². The van der Waals surface area contributed by atoms with Gasteiger partial charge in [-0.2, -0.15) is 5.10 Å². The highest BCUT2D eigenvalue weighted by Gasteiger charge is 2.46. The molecule has 0 radical (unpaired) electrons. The van der Waals surface area contributed by atoms with E-state index in [2.05, 4.69) is 10.2 Å². The Morgan fingerprint density at radius 2 is 1.85 bits per heavy atom. The van der Waals surface area contributed by atoms with E-state index in [4.69, 9.17) is 14.6 Å². The van der Waals surface area contributed by atoms with Crippen LogP contribution in [0.3, 0.4) is 0 Å². The molecule has 0 amide bonds. The molecule has 4 aliphatic rings. The molecule has 1 aromatic heterocycles. The Hall–Kier alpha value is -1.87. The standard InChI is InChI=1S/C18H25N5O4/c1-10-19-20-17-7-12-6-15-16(27-9-26-15)8-14(12)18(21-22(10)17)11-2-4-13(5-3-11)23(24)25/h11-16H,2-9H2,1H3. The zero-order valence-corrected chi connectivity index (χ0v) is 15.5. The van der Waals surface area contributed by atoms with Gasteiger partial charge in [0.05, 0.1) is 12.2 Å². The second kappa shape index (κ2) is 6.63. The predicted molar refractivity (Wildman–Crippen MR) is 94.9 cm³/mol. The number of ether oxygens (including phenoxy) is 2. The summed E-state index contributed by atoms with van der Waals surface area (Å²) in [4.78, 5) is 11.0. The zero-order chi connectivity index (χ0) is 18.5. The van der Waals surface area contributed by atoms with E-state index in [0.717, 1.165) is 43.8 Å². The molecule has 0 spiro atoms. The summed E-state index contributed by atoms with van der Waals surface area (Å²) >= 11 is 0. The third-order valence-corrected chi connectivity index (χ3v) is 6.88. The maximum absolute atomic E-state index is 11.1. The molecule has 2 saturated carbocycles. The molecule has 2 aliphatic carbocycles. The smallest absolute Gasteiger partial charge is 0.213 e. The largest absolute Gasteiger partial charge is 0.349 e. The molecule has 1 saturated heterocycles. The lowest BCUT2D eigenvalue weighted by molar-refractivity contribution is -0.526. The minimum absolute atomic E-state index is 0.120. The Bertz CT molecular complexity index is 770. The van der Waals surface area contributed by atoms with Gasteiger partial charge < -0.3 is 9.47 Å². The number of hydrogen-bond acceptors (Lipinski definition) is 7. The molecule has 1 aromatic rings. The van der Waals surface area contributed by atoms with Crippen LogP contribution < -0.4 is 0 Å². The van der Waals surface area contributed by atoms with Gasteiger partial charge >= 0.3 is 0 Å². The Labute approximate surface area is 157 Å². The van der Waals surface area contributed by atoms with E-state index in [9.17, 15) is 10.1 Å². The topological polar surface area (TPSA) is 105 Å². The first-order chi connectivity index (χ1) is 13.1. The van der Waals surface area contributed by atoms with Crippen LogP contribution >= 0.6 is 0 Å². The van der Waals surface area contributed by atoms with Crippen molar-refractivity contribution in [3.05, 3.63) is 21.8 Å². The second-order valence-electron chi connectivity index (χ2n) is 8.36. The molecule has 4 atom stereocenters. The average Bonchev–Trinajstić information content (AvgIpc) is 3.21. The van der Waals surface area contributed by atoms with Crippen molar-refractivity contribution in [1.29, 1.82) is 0 Å². The number of fused-ring (bicyclic) bond motifs is 3. The first-order valence-corrected chi connectivity index (χ1v) is 9.96. The summed E-state index contributed by atoms with van der Waals surface area (Å²) in [6.07, 6.45) is 5.93. The lowest BCUT2D eigenvalue weighted by Crippen LogP contribution is -2.43. The Balaban J connectivity index is 1.47. The van der Waals surface area contributed by atoms with Gasteiger partial charge in [-0.15, -0.1) is 10.2 Å². The highest BCUT2D eigenvalue weighted by molar-refractivity contribution is 5.89. The molecule has 0 aromatic carbocycles. The van der Waals surface area contributed by atoms with Gasteiger partial charge in [-0.3, -0.25) is 10.1 Å². The third kappa shape index (κ3) is 2.97. The average molecular weight is 375 g/mol. The predicted octanol–water partition coefficient (Wildman–Crippen LogP) is 1.95. The van der Waals surface area contributed by atoms with Gasteiger partial charge in [-0.25, -0.2) is 4.68 Å². The van der Waals surface area contributed by atoms with Crippen LogP contribution in [0.2, 0.25) is 0 Å². The lowest BCUT2D eigenvalue weighted by Gasteiger charge is -2.38. The third-order valence-electron chi connectivity index (χ3n) is 6.88. The molecule has 146 valence electrons. The van der Waals surface area contributed by atoms with E-state index in [0.29, 0.717) is 37.4 Å². The van der Waals surface area contributed by atoms with Crippen molar-refractivity contribution in [2.45, 2.75) is 70.1 Å². The van der Waals surface area contributed by atoms with Gasteiger partial charge in [0.25, 0.3) is 0 Å². The van der Waals surface area contributed by atoms with Crippen LogP contribution in [0, 0.1) is 34.8 Å². The molecule has 9 heteroatoms. The highest BCUT2D eigenvalue weighted by Crippen LogP contribution is 2.43. The molecule has 0 N–H and O–H groups in total. The van der Waals surface area contributed by atoms with E-state index in [1.807, 2.05) is 11.6 Å². The molecule has 9 nitrogen and oxygen atoms in total. The molecule has 3 fully saturated rings. The van der Waals surface area contributed by atoms with Gasteiger partial charge in [0.1, 0.15) is 6.79 Å². The van der Waals surface area contributed by atoms with Gasteiger partial charge in [-0.05, 0) is 44.4 Å². The van der Waals surface area contributed by atoms with Gasteiger partial charge in [0, 0.05) is 35.8 Å². The van der Waals surface area contributed by atoms with E-state index in [1.54, 1.807) is 0 Å². The lowest BCUT2D eigenvalue weighted by atomic mass is 9.68. The number of nitro groups is 1. The first-order valence-electron chi connectivity index (χ1n) is 9.96. The summed E-state index contributed by atoms with van der Waals surface area (Å²) in [6.45, 7) is 2.31. The fourth-order valence-corrected chi connectivity index (χ4v) is 5.41. The Morgan fingerprint density at radius 1 is 1.11 bits per heavy atom. The molecule has 4 unspecified atom stereocenters. The van der Waals surface area contributed by atoms with Gasteiger partial charge in [0.2, 0.25) is 6.04 Å². The fraction of sp³-hybridized carbons (Fsp3) is 0.833. The van der Waals surface area contributed by atoms with Crippen molar-refractivity contribution in [1.82, 2.24) is 14.9 Å². The summed E-state index contributed by atoms with van der Waals surface area (Å²) in [7, 11) is 0. The number of aromatic nitrogens is 3. The quantitative estimate of drug-likeness (QED) is 0.578. The molecule has 3 heterocycles. The van der Waals surface area contributed by atoms with E-state index in [1.165, 1.54) is 5.71 Å². The van der Waals surface area contributed by atoms with Crippen LogP contribution in [0.15, 0.2) is 5.10 Å². The van der Waals surface area contributed by atoms with Crippen molar-refractivity contribution in [2.75, 3.05) is 6.79 Å². The van der Waals surface area contributed by atoms with Crippen LogP contribution in [-0.4, -0.2) is 50.6 Å². The monoisotopic (exact) mass is 375 g/mol. The zero-order valence-electron chi connectivity index (χ0n) is 15.5. The first kappa shape index (κ1) is 17.2. The number of hydrogen-bond donors (Lipinski definition) is 0. The molecule has 0 bridgehead atoms. The number of aryl methyl sites for hydroxylation is 1. The Kier molecular flexibility index (Phi) is 4.23. The molecule has 27 heavy (non-hydrogen) atoms. The SMILES string of the molecule is Cc1nnc2n1N=C(C1CCC([N+](=O)[O-])CC1)C1CC3OCOC3CC1C2. The highest BCUT2D eigenvalue weighted by atomic mass is 16.7. The summed E-state index contributed by atoms with van der Waals surface area (Å²) in [6, 6.07) is -0.405. The molecule has 2 aliphatic heterocycles. The minimum atomic E-state index is -0.405. The summed E-state index contributed by atoms with van der Waals surface area (Å²) in [5, 5.41) is 24.7. The van der Waals surface area contributed by atoms with E-state index >= 15 is 0 Å². The van der Waals surface area contributed by atoms with Crippen LogP contribution in [0.4, 0.5) is 0 Å². The number of rotatable bonds is 2. The van der Waals surface area contributed by atoms with E-state index < -0.39 is 6.04 Å². The van der Waals surface area contributed by atoms with Gasteiger partial charge in [-0.1, -0.05) is 0 Å². The normalized spacial score (nSPS) is 38.3. The summed E-state index contributed by atoms with van der Waals surface area (Å²) in [5.41, 5.74) is 1.18. The van der Waals surface area contributed by atoms with Crippen molar-refractivity contribution < 1.29 is 14.4 Å². The van der Waals surface area contributed by atoms with Crippen molar-refractivity contribution in [3.8, 4) is 0 Å². The fourth-order valence-electron chi connectivity index (χ4n) is 5.41. The van der Waals surface area contributed by atoms with Crippen LogP contribution in [0.1, 0.15) is 50.2 Å². The van der Waals surface area contributed by atoms with Crippen LogP contribution in [0.25, 0.3) is 0 Å². The van der Waals surface area contributed by atoms with Gasteiger partial charge in [0.15, 0.2) is 11.6 Å². The summed E-state index contributed by atoms with van der Waals surface area (Å²) in [5.74, 6) is 2.73. The minimum Gasteiger partial charge on any atom is -0.349 e. The molecule has 5 rings (SSSR count). The molecular weight excluding hydrogens is 350 g/mol. The Morgan fingerprint density at radius 3 is 2.59 bits per heavy atom. The maximum atomic E-state index is 11.1. The summed E-state index contributed by atoms with van der Waals surface area (Å²) < 4.78 is 13.5. The van der Waals surface area contributed by atoms with Crippen LogP contribution in [0.5, 0.6) is 0 Å². The van der Waals surface area contributed by atoms with Crippen molar-refractivity contribution >= 4 is 5.71 Å².